The maximum Gasteiger partial charge on any atom is 0.269 e. The number of nitro benzene ring substituents is 1. The highest BCUT2D eigenvalue weighted by Crippen LogP contribution is 2.27. The number of aryl methyl sites for hydroxylation is 3. The van der Waals surface area contributed by atoms with Crippen LogP contribution in [0.25, 0.3) is 5.69 Å². The van der Waals surface area contributed by atoms with Gasteiger partial charge in [0.05, 0.1) is 27.4 Å². The van der Waals surface area contributed by atoms with Gasteiger partial charge in [-0.25, -0.2) is 13.8 Å². The van der Waals surface area contributed by atoms with E-state index in [2.05, 4.69) is 41.1 Å². The van der Waals surface area contributed by atoms with E-state index in [1.54, 1.807) is 18.2 Å². The molecule has 0 unspecified atom stereocenters. The van der Waals surface area contributed by atoms with Crippen LogP contribution in [0.2, 0.25) is 0 Å². The average molecular weight is 560 g/mol. The van der Waals surface area contributed by atoms with Crippen LogP contribution in [0.3, 0.4) is 0 Å². The van der Waals surface area contributed by atoms with Crippen LogP contribution in [0.1, 0.15) is 28.1 Å². The monoisotopic (exact) mass is 559 g/mol. The summed E-state index contributed by atoms with van der Waals surface area (Å²) < 4.78 is 29.9. The normalized spacial score (nSPS) is 11.5. The Morgan fingerprint density at radius 3 is 2.20 bits per heavy atom. The molecule has 0 atom stereocenters. The van der Waals surface area contributed by atoms with Gasteiger partial charge in [-0.1, -0.05) is 36.4 Å². The Morgan fingerprint density at radius 1 is 0.975 bits per heavy atom. The van der Waals surface area contributed by atoms with Crippen molar-refractivity contribution in [2.24, 2.45) is 5.10 Å². The van der Waals surface area contributed by atoms with Gasteiger partial charge in [-0.3, -0.25) is 19.2 Å². The number of rotatable bonds is 9. The number of carbonyl (C=O) groups is 1. The number of aromatic nitrogens is 1. The van der Waals surface area contributed by atoms with Crippen molar-refractivity contribution >= 4 is 33.5 Å². The van der Waals surface area contributed by atoms with E-state index < -0.39 is 27.4 Å². The Bertz CT molecular complexity index is 1670. The first-order chi connectivity index (χ1) is 19.0. The van der Waals surface area contributed by atoms with Crippen LogP contribution >= 0.6 is 0 Å². The highest BCUT2D eigenvalue weighted by atomic mass is 32.2. The van der Waals surface area contributed by atoms with E-state index in [9.17, 15) is 23.3 Å². The Hall–Kier alpha value is -4.77. The fraction of sp³-hybridized carbons (Fsp3) is 0.172. The van der Waals surface area contributed by atoms with Crippen LogP contribution in [-0.2, 0) is 14.8 Å². The molecule has 1 amide bonds. The van der Waals surface area contributed by atoms with Gasteiger partial charge in [0.15, 0.2) is 0 Å². The number of anilines is 1. The van der Waals surface area contributed by atoms with Crippen molar-refractivity contribution in [2.45, 2.75) is 32.6 Å². The fourth-order valence-corrected chi connectivity index (χ4v) is 5.98. The van der Waals surface area contributed by atoms with Crippen LogP contribution in [0.4, 0.5) is 11.4 Å². The number of hydrogen-bond donors (Lipinski definition) is 1. The molecule has 1 aromatic heterocycles. The summed E-state index contributed by atoms with van der Waals surface area (Å²) >= 11 is 0. The Morgan fingerprint density at radius 2 is 1.60 bits per heavy atom. The number of para-hydroxylation sites is 1. The molecule has 10 nitrogen and oxygen atoms in total. The van der Waals surface area contributed by atoms with Gasteiger partial charge >= 0.3 is 0 Å². The largest absolute Gasteiger partial charge is 0.317 e. The van der Waals surface area contributed by atoms with Gasteiger partial charge in [0.1, 0.15) is 6.54 Å². The molecule has 0 aliphatic rings. The number of carbonyl (C=O) groups excluding carboxylic acids is 1. The van der Waals surface area contributed by atoms with Crippen LogP contribution < -0.4 is 9.73 Å². The molecule has 4 rings (SSSR count). The lowest BCUT2D eigenvalue weighted by Gasteiger charge is -2.23. The molecule has 0 spiro atoms. The summed E-state index contributed by atoms with van der Waals surface area (Å²) in [4.78, 5) is 23.4. The number of non-ortho nitro benzene ring substituents is 1. The predicted octanol–water partition coefficient (Wildman–Crippen LogP) is 4.96. The molecule has 0 radical (unpaired) electrons. The maximum atomic E-state index is 13.4. The van der Waals surface area contributed by atoms with E-state index in [0.29, 0.717) is 0 Å². The SMILES string of the molecule is Cc1cccc(C)c1-n1c(C)cc(/C=N/NC(=O)CN(c2ccc([N+](=O)[O-])cc2)S(=O)(=O)c2ccccc2)c1C. The van der Waals surface area contributed by atoms with Crippen LogP contribution in [0, 0.1) is 37.8 Å². The summed E-state index contributed by atoms with van der Waals surface area (Å²) in [5.41, 5.74) is 8.39. The van der Waals surface area contributed by atoms with Gasteiger partial charge in [-0.2, -0.15) is 5.10 Å². The summed E-state index contributed by atoms with van der Waals surface area (Å²) in [6.45, 7) is 7.47. The van der Waals surface area contributed by atoms with Crippen molar-refractivity contribution in [2.75, 3.05) is 10.8 Å². The molecule has 0 aliphatic carbocycles. The number of sulfonamides is 1. The average Bonchev–Trinajstić information content (AvgIpc) is 3.20. The fourth-order valence-electron chi connectivity index (χ4n) is 4.54. The lowest BCUT2D eigenvalue weighted by atomic mass is 10.1. The van der Waals surface area contributed by atoms with Crippen LogP contribution in [-0.4, -0.2) is 36.6 Å². The predicted molar refractivity (Wildman–Crippen MR) is 155 cm³/mol. The zero-order valence-corrected chi connectivity index (χ0v) is 23.3. The molecule has 1 N–H and O–H groups in total. The molecular weight excluding hydrogens is 530 g/mol. The highest BCUT2D eigenvalue weighted by Gasteiger charge is 2.27. The summed E-state index contributed by atoms with van der Waals surface area (Å²) in [5.74, 6) is -0.683. The van der Waals surface area contributed by atoms with Crippen molar-refractivity contribution in [3.8, 4) is 5.69 Å². The summed E-state index contributed by atoms with van der Waals surface area (Å²) in [6.07, 6.45) is 1.52. The summed E-state index contributed by atoms with van der Waals surface area (Å²) in [5, 5.41) is 15.2. The lowest BCUT2D eigenvalue weighted by molar-refractivity contribution is -0.384. The minimum atomic E-state index is -4.16. The molecule has 0 bridgehead atoms. The highest BCUT2D eigenvalue weighted by molar-refractivity contribution is 7.92. The van der Waals surface area contributed by atoms with E-state index in [4.69, 9.17) is 0 Å². The van der Waals surface area contributed by atoms with Crippen molar-refractivity contribution in [1.82, 2.24) is 9.99 Å². The molecule has 0 aliphatic heterocycles. The maximum absolute atomic E-state index is 13.4. The molecule has 40 heavy (non-hydrogen) atoms. The van der Waals surface area contributed by atoms with Crippen molar-refractivity contribution in [3.05, 3.63) is 117 Å². The minimum Gasteiger partial charge on any atom is -0.317 e. The quantitative estimate of drug-likeness (QED) is 0.176. The molecule has 4 aromatic rings. The van der Waals surface area contributed by atoms with Crippen molar-refractivity contribution in [1.29, 1.82) is 0 Å². The van der Waals surface area contributed by atoms with Crippen LogP contribution in [0.15, 0.2) is 88.9 Å². The number of amides is 1. The van der Waals surface area contributed by atoms with Gasteiger partial charge in [-0.05, 0) is 69.2 Å². The Labute approximate surface area is 232 Å². The minimum absolute atomic E-state index is 0.0245. The molecule has 206 valence electrons. The molecule has 11 heteroatoms. The number of nitrogens with zero attached hydrogens (tertiary/aromatic N) is 4. The second-order valence-corrected chi connectivity index (χ2v) is 11.2. The van der Waals surface area contributed by atoms with Crippen molar-refractivity contribution in [3.63, 3.8) is 0 Å². The molecule has 3 aromatic carbocycles. The number of hydrazone groups is 1. The molecule has 0 saturated heterocycles. The third-order valence-corrected chi connectivity index (χ3v) is 8.28. The number of nitro groups is 1. The topological polar surface area (TPSA) is 127 Å². The van der Waals surface area contributed by atoms with E-state index in [1.165, 1.54) is 42.6 Å². The zero-order valence-electron chi connectivity index (χ0n) is 22.5. The van der Waals surface area contributed by atoms with Gasteiger partial charge in [0.2, 0.25) is 0 Å². The van der Waals surface area contributed by atoms with E-state index >= 15 is 0 Å². The standard InChI is InChI=1S/C29H29N5O5S/c1-20-9-8-10-21(2)29(20)33-22(3)17-24(23(33)4)18-30-31-28(35)19-32(25-13-15-26(16-14-25)34(36)37)40(38,39)27-11-6-5-7-12-27/h5-18H,19H2,1-4H3,(H,31,35)/b30-18+. The number of nitrogens with one attached hydrogen (secondary N) is 1. The van der Waals surface area contributed by atoms with E-state index in [0.717, 1.165) is 38.1 Å². The van der Waals surface area contributed by atoms with Gasteiger partial charge in [0.25, 0.3) is 21.6 Å². The number of benzene rings is 3. The number of hydrogen-bond acceptors (Lipinski definition) is 6. The first-order valence-electron chi connectivity index (χ1n) is 12.4. The second kappa shape index (κ2) is 11.5. The third kappa shape index (κ3) is 5.79. The summed E-state index contributed by atoms with van der Waals surface area (Å²) in [6, 6.07) is 20.7. The molecule has 0 fully saturated rings. The lowest BCUT2D eigenvalue weighted by Crippen LogP contribution is -2.39. The second-order valence-electron chi connectivity index (χ2n) is 9.29. The first kappa shape index (κ1) is 28.2. The smallest absolute Gasteiger partial charge is 0.269 e. The van der Waals surface area contributed by atoms with E-state index in [-0.39, 0.29) is 16.3 Å². The molecular formula is C29H29N5O5S. The van der Waals surface area contributed by atoms with Gasteiger partial charge < -0.3 is 4.57 Å². The first-order valence-corrected chi connectivity index (χ1v) is 13.8. The Kier molecular flexibility index (Phi) is 8.15. The van der Waals surface area contributed by atoms with Crippen LogP contribution in [0.5, 0.6) is 0 Å². The molecule has 1 heterocycles. The van der Waals surface area contributed by atoms with Crippen molar-refractivity contribution < 1.29 is 18.1 Å². The summed E-state index contributed by atoms with van der Waals surface area (Å²) in [7, 11) is -4.16. The van der Waals surface area contributed by atoms with E-state index in [1.807, 2.05) is 26.0 Å². The Balaban J connectivity index is 1.58. The zero-order chi connectivity index (χ0) is 29.0. The third-order valence-electron chi connectivity index (χ3n) is 6.49. The molecule has 0 saturated carbocycles. The van der Waals surface area contributed by atoms with Gasteiger partial charge in [-0.15, -0.1) is 0 Å². The van der Waals surface area contributed by atoms with Gasteiger partial charge in [0, 0.05) is 29.1 Å².